The lowest BCUT2D eigenvalue weighted by Gasteiger charge is -2.13. The molecule has 1 aromatic heterocycles. The second-order valence-electron chi connectivity index (χ2n) is 4.61. The third-order valence-electron chi connectivity index (χ3n) is 2.94. The van der Waals surface area contributed by atoms with Crippen LogP contribution in [0.15, 0.2) is 36.5 Å². The summed E-state index contributed by atoms with van der Waals surface area (Å²) in [4.78, 5) is 2.15. The van der Waals surface area contributed by atoms with Gasteiger partial charge in [-0.05, 0) is 14.1 Å². The number of hydrogen-bond donors (Lipinski definition) is 1. The number of likely N-dealkylation sites (N-methyl/N-ethyl adjacent to an activating group) is 1. The first-order chi connectivity index (χ1) is 8.72. The van der Waals surface area contributed by atoms with Gasteiger partial charge in [-0.25, -0.2) is 0 Å². The predicted octanol–water partition coefficient (Wildman–Crippen LogP) is 1.57. The molecule has 0 atom stereocenters. The van der Waals surface area contributed by atoms with Gasteiger partial charge in [-0.1, -0.05) is 30.3 Å². The van der Waals surface area contributed by atoms with Gasteiger partial charge in [-0.15, -0.1) is 0 Å². The van der Waals surface area contributed by atoms with Gasteiger partial charge in [0.25, 0.3) is 0 Å². The normalized spacial score (nSPS) is 11.1. The van der Waals surface area contributed by atoms with Crippen LogP contribution in [0.25, 0.3) is 11.3 Å². The van der Waals surface area contributed by atoms with Crippen molar-refractivity contribution >= 4 is 0 Å². The minimum atomic E-state index is 0.520. The summed E-state index contributed by atoms with van der Waals surface area (Å²) >= 11 is 0. The van der Waals surface area contributed by atoms with Crippen LogP contribution >= 0.6 is 0 Å². The van der Waals surface area contributed by atoms with Crippen LogP contribution in [0.1, 0.15) is 5.56 Å². The Morgan fingerprint density at radius 2 is 1.94 bits per heavy atom. The average Bonchev–Trinajstić information content (AvgIpc) is 2.80. The van der Waals surface area contributed by atoms with Crippen molar-refractivity contribution in [3.05, 3.63) is 42.1 Å². The molecule has 4 heteroatoms. The molecule has 2 N–H and O–H groups in total. The van der Waals surface area contributed by atoms with Crippen LogP contribution in [0.4, 0.5) is 0 Å². The molecular formula is C14H20N4. The fourth-order valence-corrected chi connectivity index (χ4v) is 1.97. The zero-order chi connectivity index (χ0) is 13.0. The number of rotatable bonds is 5. The number of aromatic nitrogens is 2. The second kappa shape index (κ2) is 5.80. The Kier molecular flexibility index (Phi) is 4.12. The predicted molar refractivity (Wildman–Crippen MR) is 74.1 cm³/mol. The van der Waals surface area contributed by atoms with Gasteiger partial charge in [0.05, 0.1) is 18.4 Å². The first kappa shape index (κ1) is 12.8. The maximum atomic E-state index is 5.79. The number of nitrogens with zero attached hydrogens (tertiary/aromatic N) is 3. The van der Waals surface area contributed by atoms with E-state index in [1.807, 2.05) is 29.1 Å². The highest BCUT2D eigenvalue weighted by Crippen LogP contribution is 2.23. The molecule has 18 heavy (non-hydrogen) atoms. The maximum absolute atomic E-state index is 5.79. The fraction of sp³-hybridized carbons (Fsp3) is 0.357. The first-order valence-corrected chi connectivity index (χ1v) is 6.17. The lowest BCUT2D eigenvalue weighted by atomic mass is 10.1. The third kappa shape index (κ3) is 2.78. The molecule has 0 aliphatic rings. The van der Waals surface area contributed by atoms with Crippen LogP contribution in [0.5, 0.6) is 0 Å². The molecule has 1 aromatic carbocycles. The summed E-state index contributed by atoms with van der Waals surface area (Å²) in [6.45, 7) is 2.36. The van der Waals surface area contributed by atoms with Crippen molar-refractivity contribution < 1.29 is 0 Å². The zero-order valence-corrected chi connectivity index (χ0v) is 11.0. The molecule has 0 bridgehead atoms. The highest BCUT2D eigenvalue weighted by atomic mass is 15.3. The zero-order valence-electron chi connectivity index (χ0n) is 11.0. The Morgan fingerprint density at radius 3 is 2.56 bits per heavy atom. The summed E-state index contributed by atoms with van der Waals surface area (Å²) in [6, 6.07) is 10.3. The molecule has 1 heterocycles. The van der Waals surface area contributed by atoms with Crippen molar-refractivity contribution in [2.75, 3.05) is 20.6 Å². The Morgan fingerprint density at radius 1 is 1.22 bits per heavy atom. The molecule has 2 aromatic rings. The van der Waals surface area contributed by atoms with Crippen molar-refractivity contribution in [3.8, 4) is 11.3 Å². The summed E-state index contributed by atoms with van der Waals surface area (Å²) in [5, 5.41) is 4.45. The van der Waals surface area contributed by atoms with E-state index < -0.39 is 0 Å². The first-order valence-electron chi connectivity index (χ1n) is 6.17. The van der Waals surface area contributed by atoms with E-state index in [0.29, 0.717) is 6.54 Å². The SMILES string of the molecule is CN(C)CCn1ncc(CN)c1-c1ccccc1. The minimum Gasteiger partial charge on any atom is -0.326 e. The largest absolute Gasteiger partial charge is 0.326 e. The highest BCUT2D eigenvalue weighted by molar-refractivity contribution is 5.63. The van der Waals surface area contributed by atoms with Crippen molar-refractivity contribution in [2.24, 2.45) is 5.73 Å². The molecule has 0 aliphatic carbocycles. The summed E-state index contributed by atoms with van der Waals surface area (Å²) in [5.41, 5.74) is 9.20. The van der Waals surface area contributed by atoms with Gasteiger partial charge in [0, 0.05) is 24.2 Å². The monoisotopic (exact) mass is 244 g/mol. The summed E-state index contributed by atoms with van der Waals surface area (Å²) in [6.07, 6.45) is 1.87. The molecule has 0 radical (unpaired) electrons. The molecule has 0 saturated heterocycles. The van der Waals surface area contributed by atoms with E-state index in [1.165, 1.54) is 5.56 Å². The molecule has 0 amide bonds. The molecule has 0 spiro atoms. The Labute approximate surface area is 108 Å². The van der Waals surface area contributed by atoms with E-state index in [1.54, 1.807) is 0 Å². The fourth-order valence-electron chi connectivity index (χ4n) is 1.97. The minimum absolute atomic E-state index is 0.520. The standard InChI is InChI=1S/C14H20N4/c1-17(2)8-9-18-14(13(10-15)11-16-18)12-6-4-3-5-7-12/h3-7,11H,8-10,15H2,1-2H3. The molecule has 0 aliphatic heterocycles. The third-order valence-corrected chi connectivity index (χ3v) is 2.94. The van der Waals surface area contributed by atoms with E-state index >= 15 is 0 Å². The van der Waals surface area contributed by atoms with Gasteiger partial charge in [0.2, 0.25) is 0 Å². The van der Waals surface area contributed by atoms with Crippen LogP contribution in [0, 0.1) is 0 Å². The number of benzene rings is 1. The van der Waals surface area contributed by atoms with Gasteiger partial charge in [-0.2, -0.15) is 5.10 Å². The molecule has 0 fully saturated rings. The lowest BCUT2D eigenvalue weighted by molar-refractivity contribution is 0.374. The van der Waals surface area contributed by atoms with Crippen LogP contribution in [0.3, 0.4) is 0 Å². The molecule has 4 nitrogen and oxygen atoms in total. The van der Waals surface area contributed by atoms with Crippen LogP contribution < -0.4 is 5.73 Å². The van der Waals surface area contributed by atoms with Crippen LogP contribution in [-0.2, 0) is 13.1 Å². The molecular weight excluding hydrogens is 224 g/mol. The van der Waals surface area contributed by atoms with E-state index in [4.69, 9.17) is 5.73 Å². The van der Waals surface area contributed by atoms with Crippen LogP contribution in [-0.4, -0.2) is 35.3 Å². The van der Waals surface area contributed by atoms with Crippen molar-refractivity contribution in [1.29, 1.82) is 0 Å². The Hall–Kier alpha value is -1.65. The molecule has 2 rings (SSSR count). The lowest BCUT2D eigenvalue weighted by Crippen LogP contribution is -2.19. The average molecular weight is 244 g/mol. The topological polar surface area (TPSA) is 47.1 Å². The molecule has 0 unspecified atom stereocenters. The highest BCUT2D eigenvalue weighted by Gasteiger charge is 2.11. The summed E-state index contributed by atoms with van der Waals surface area (Å²) < 4.78 is 2.04. The Bertz CT molecular complexity index is 488. The van der Waals surface area contributed by atoms with Crippen LogP contribution in [0.2, 0.25) is 0 Å². The quantitative estimate of drug-likeness (QED) is 0.868. The molecule has 96 valence electrons. The number of hydrogen-bond acceptors (Lipinski definition) is 3. The van der Waals surface area contributed by atoms with Gasteiger partial charge >= 0.3 is 0 Å². The van der Waals surface area contributed by atoms with Crippen molar-refractivity contribution in [2.45, 2.75) is 13.1 Å². The van der Waals surface area contributed by atoms with Gasteiger partial charge in [0.15, 0.2) is 0 Å². The van der Waals surface area contributed by atoms with Gasteiger partial charge in [0.1, 0.15) is 0 Å². The van der Waals surface area contributed by atoms with Crippen molar-refractivity contribution in [1.82, 2.24) is 14.7 Å². The number of nitrogens with two attached hydrogens (primary N) is 1. The maximum Gasteiger partial charge on any atom is 0.0727 e. The smallest absolute Gasteiger partial charge is 0.0727 e. The summed E-state index contributed by atoms with van der Waals surface area (Å²) in [7, 11) is 4.13. The van der Waals surface area contributed by atoms with E-state index in [2.05, 4.69) is 36.2 Å². The molecule has 0 saturated carbocycles. The van der Waals surface area contributed by atoms with Crippen molar-refractivity contribution in [3.63, 3.8) is 0 Å². The van der Waals surface area contributed by atoms with Gasteiger partial charge < -0.3 is 10.6 Å². The summed E-state index contributed by atoms with van der Waals surface area (Å²) in [5.74, 6) is 0. The second-order valence-corrected chi connectivity index (χ2v) is 4.61. The van der Waals surface area contributed by atoms with E-state index in [-0.39, 0.29) is 0 Å². The Balaban J connectivity index is 2.34. The van der Waals surface area contributed by atoms with E-state index in [9.17, 15) is 0 Å². The van der Waals surface area contributed by atoms with E-state index in [0.717, 1.165) is 24.3 Å². The van der Waals surface area contributed by atoms with Gasteiger partial charge in [-0.3, -0.25) is 4.68 Å².